The van der Waals surface area contributed by atoms with Crippen LogP contribution in [0.4, 0.5) is 0 Å². The number of carbonyl (C=O) groups is 2. The van der Waals surface area contributed by atoms with Gasteiger partial charge in [0.05, 0.1) is 0 Å². The molecule has 1 amide bonds. The molecule has 0 unspecified atom stereocenters. The van der Waals surface area contributed by atoms with Crippen molar-refractivity contribution in [3.8, 4) is 0 Å². The molecule has 2 aromatic rings. The summed E-state index contributed by atoms with van der Waals surface area (Å²) in [7, 11) is 0. The Morgan fingerprint density at radius 2 is 1.60 bits per heavy atom. The van der Waals surface area contributed by atoms with Crippen LogP contribution in [0.1, 0.15) is 21.0 Å². The molecule has 20 heavy (non-hydrogen) atoms. The largest absolute Gasteiger partial charge is 0.477 e. The van der Waals surface area contributed by atoms with Crippen molar-refractivity contribution in [3.05, 3.63) is 70.6 Å². The average Bonchev–Trinajstić information content (AvgIpc) is 2.50. The quantitative estimate of drug-likeness (QED) is 0.509. The van der Waals surface area contributed by atoms with Crippen molar-refractivity contribution < 1.29 is 14.7 Å². The zero-order valence-corrected chi connectivity index (χ0v) is 10.1. The lowest BCUT2D eigenvalue weighted by atomic mass is 10.3. The summed E-state index contributed by atoms with van der Waals surface area (Å²) in [6, 6.07) is 9.56. The van der Waals surface area contributed by atoms with Gasteiger partial charge in [-0.3, -0.25) is 9.78 Å². The van der Waals surface area contributed by atoms with E-state index in [9.17, 15) is 9.59 Å². The van der Waals surface area contributed by atoms with Crippen LogP contribution in [0.25, 0.3) is 10.4 Å². The number of azide groups is 1. The molecule has 0 radical (unpaired) electrons. The van der Waals surface area contributed by atoms with Gasteiger partial charge in [-0.25, -0.2) is 9.78 Å². The summed E-state index contributed by atoms with van der Waals surface area (Å²) in [4.78, 5) is 30.5. The minimum absolute atomic E-state index is 0.0810. The van der Waals surface area contributed by atoms with Crippen LogP contribution in [-0.4, -0.2) is 27.0 Å². The van der Waals surface area contributed by atoms with Gasteiger partial charge in [0.25, 0.3) is 5.91 Å². The molecule has 8 heteroatoms. The van der Waals surface area contributed by atoms with Gasteiger partial charge in [0.1, 0.15) is 11.4 Å². The maximum Gasteiger partial charge on any atom is 0.354 e. The highest BCUT2D eigenvalue weighted by Crippen LogP contribution is 1.95. The van der Waals surface area contributed by atoms with Gasteiger partial charge in [0.15, 0.2) is 0 Å². The molecule has 100 valence electrons. The van der Waals surface area contributed by atoms with Crippen molar-refractivity contribution >= 4 is 11.9 Å². The van der Waals surface area contributed by atoms with Crippen molar-refractivity contribution in [2.75, 3.05) is 0 Å². The van der Waals surface area contributed by atoms with Crippen LogP contribution in [-0.2, 0) is 0 Å². The number of hydrogen-bond acceptors (Lipinski definition) is 4. The van der Waals surface area contributed by atoms with Crippen molar-refractivity contribution in [3.63, 3.8) is 0 Å². The highest BCUT2D eigenvalue weighted by Gasteiger charge is 2.00. The van der Waals surface area contributed by atoms with E-state index in [0.29, 0.717) is 0 Å². The second-order valence-corrected chi connectivity index (χ2v) is 3.23. The molecule has 0 bridgehead atoms. The van der Waals surface area contributed by atoms with Gasteiger partial charge < -0.3 is 5.11 Å². The monoisotopic (exact) mass is 271 g/mol. The summed E-state index contributed by atoms with van der Waals surface area (Å²) in [5, 5.41) is 11.2. The van der Waals surface area contributed by atoms with E-state index in [1.165, 1.54) is 24.5 Å². The SMILES string of the molecule is O=C(O)c1ccccn1.[N-]=[N+]=NC(=O)c1ccccn1. The summed E-state index contributed by atoms with van der Waals surface area (Å²) >= 11 is 0. The minimum Gasteiger partial charge on any atom is -0.477 e. The number of hydrogen-bond donors (Lipinski definition) is 1. The van der Waals surface area contributed by atoms with Gasteiger partial charge in [-0.15, -0.1) is 0 Å². The van der Waals surface area contributed by atoms with Crippen LogP contribution in [0, 0.1) is 0 Å². The van der Waals surface area contributed by atoms with Gasteiger partial charge >= 0.3 is 5.97 Å². The van der Waals surface area contributed by atoms with Gasteiger partial charge in [0.2, 0.25) is 0 Å². The zero-order valence-electron chi connectivity index (χ0n) is 10.1. The number of amides is 1. The molecule has 0 aliphatic heterocycles. The van der Waals surface area contributed by atoms with E-state index in [-0.39, 0.29) is 11.4 Å². The third kappa shape index (κ3) is 4.94. The first-order valence-electron chi connectivity index (χ1n) is 5.30. The first-order valence-corrected chi connectivity index (χ1v) is 5.30. The summed E-state index contributed by atoms with van der Waals surface area (Å²) in [5.74, 6) is -1.65. The Morgan fingerprint density at radius 3 is 1.95 bits per heavy atom. The second-order valence-electron chi connectivity index (χ2n) is 3.23. The molecule has 8 nitrogen and oxygen atoms in total. The van der Waals surface area contributed by atoms with Gasteiger partial charge in [-0.1, -0.05) is 12.1 Å². The third-order valence-corrected chi connectivity index (χ3v) is 1.90. The number of carboxylic acid groups (broad SMARTS) is 1. The number of carbonyl (C=O) groups excluding carboxylic acids is 1. The maximum atomic E-state index is 10.8. The fraction of sp³-hybridized carbons (Fsp3) is 0. The van der Waals surface area contributed by atoms with Crippen LogP contribution in [0.3, 0.4) is 0 Å². The van der Waals surface area contributed by atoms with Gasteiger partial charge in [-0.05, 0) is 34.9 Å². The smallest absolute Gasteiger partial charge is 0.354 e. The van der Waals surface area contributed by atoms with Crippen LogP contribution in [0.2, 0.25) is 0 Å². The highest BCUT2D eigenvalue weighted by molar-refractivity contribution is 5.92. The van der Waals surface area contributed by atoms with Crippen molar-refractivity contribution in [1.82, 2.24) is 9.97 Å². The zero-order chi connectivity index (χ0) is 14.8. The fourth-order valence-corrected chi connectivity index (χ4v) is 1.07. The number of pyridine rings is 2. The highest BCUT2D eigenvalue weighted by atomic mass is 16.4. The molecule has 2 rings (SSSR count). The van der Waals surface area contributed by atoms with Crippen LogP contribution in [0.5, 0.6) is 0 Å². The maximum absolute atomic E-state index is 10.8. The van der Waals surface area contributed by atoms with Crippen LogP contribution in [0.15, 0.2) is 53.9 Å². The van der Waals surface area contributed by atoms with E-state index in [1.807, 2.05) is 0 Å². The standard InChI is InChI=1S/C6H4N4O.C6H5NO2/c7-10-9-6(11)5-3-1-2-4-8-5;8-6(9)5-3-1-2-4-7-5/h1-4H;1-4H,(H,8,9). The van der Waals surface area contributed by atoms with E-state index >= 15 is 0 Å². The fourth-order valence-electron chi connectivity index (χ4n) is 1.07. The molecule has 0 aliphatic rings. The first-order chi connectivity index (χ1) is 9.65. The average molecular weight is 271 g/mol. The lowest BCUT2D eigenvalue weighted by molar-refractivity contribution is 0.0690. The molecule has 0 fully saturated rings. The normalized spacial score (nSPS) is 8.60. The number of rotatable bonds is 2. The number of aromatic nitrogens is 2. The molecule has 0 atom stereocenters. The van der Waals surface area contributed by atoms with Crippen molar-refractivity contribution in [1.29, 1.82) is 0 Å². The van der Waals surface area contributed by atoms with Crippen molar-refractivity contribution in [2.24, 2.45) is 5.11 Å². The molecule has 0 saturated heterocycles. The topological polar surface area (TPSA) is 129 Å². The molecule has 2 heterocycles. The van der Waals surface area contributed by atoms with E-state index < -0.39 is 11.9 Å². The summed E-state index contributed by atoms with van der Waals surface area (Å²) in [6.07, 6.45) is 2.91. The Bertz CT molecular complexity index is 624. The second kappa shape index (κ2) is 7.96. The predicted molar refractivity (Wildman–Crippen MR) is 68.9 cm³/mol. The molecular formula is C12H9N5O3. The predicted octanol–water partition coefficient (Wildman–Crippen LogP) is 2.31. The Balaban J connectivity index is 0.000000204. The van der Waals surface area contributed by atoms with Gasteiger partial charge in [-0.2, -0.15) is 0 Å². The lowest BCUT2D eigenvalue weighted by Gasteiger charge is -1.88. The number of aromatic carboxylic acids is 1. The molecule has 0 aliphatic carbocycles. The van der Waals surface area contributed by atoms with E-state index in [4.69, 9.17) is 10.6 Å². The summed E-state index contributed by atoms with van der Waals surface area (Å²) < 4.78 is 0. The van der Waals surface area contributed by atoms with Crippen LogP contribution < -0.4 is 0 Å². The molecule has 0 aromatic carbocycles. The molecule has 0 spiro atoms. The molecule has 1 N–H and O–H groups in total. The Morgan fingerprint density at radius 1 is 1.05 bits per heavy atom. The Hall–Kier alpha value is -3.25. The van der Waals surface area contributed by atoms with Gasteiger partial charge in [0, 0.05) is 17.3 Å². The minimum atomic E-state index is -0.990. The summed E-state index contributed by atoms with van der Waals surface area (Å²) in [5.41, 5.74) is 8.15. The third-order valence-electron chi connectivity index (χ3n) is 1.90. The molecule has 2 aromatic heterocycles. The van der Waals surface area contributed by atoms with E-state index in [0.717, 1.165) is 0 Å². The van der Waals surface area contributed by atoms with Crippen LogP contribution >= 0.6 is 0 Å². The first kappa shape index (κ1) is 14.8. The number of carboxylic acids is 1. The summed E-state index contributed by atoms with van der Waals surface area (Å²) in [6.45, 7) is 0. The molecule has 0 saturated carbocycles. The Kier molecular flexibility index (Phi) is 5.89. The lowest BCUT2D eigenvalue weighted by Crippen LogP contribution is -1.97. The van der Waals surface area contributed by atoms with E-state index in [2.05, 4.69) is 20.0 Å². The Labute approximate surface area is 113 Å². The number of nitrogens with zero attached hydrogens (tertiary/aromatic N) is 5. The van der Waals surface area contributed by atoms with Crippen molar-refractivity contribution in [2.45, 2.75) is 0 Å². The van der Waals surface area contributed by atoms with E-state index in [1.54, 1.807) is 24.3 Å². The molecular weight excluding hydrogens is 262 g/mol.